The number of hydrogen-bond acceptors (Lipinski definition) is 3. The first kappa shape index (κ1) is 9.27. The first-order chi connectivity index (χ1) is 6.72. The van der Waals surface area contributed by atoms with Crippen molar-refractivity contribution in [3.8, 4) is 11.3 Å². The van der Waals surface area contributed by atoms with Gasteiger partial charge in [0.1, 0.15) is 0 Å². The minimum atomic E-state index is 0.850. The van der Waals surface area contributed by atoms with Gasteiger partial charge < -0.3 is 5.73 Å². The second-order valence-electron chi connectivity index (χ2n) is 3.23. The molecule has 2 heterocycles. The Kier molecular flexibility index (Phi) is 2.29. The average Bonchev–Trinajstić information content (AvgIpc) is 2.71. The van der Waals surface area contributed by atoms with Gasteiger partial charge in [0.05, 0.1) is 16.9 Å². The molecule has 2 aromatic heterocycles. The minimum Gasteiger partial charge on any atom is -0.391 e. The van der Waals surface area contributed by atoms with Crippen LogP contribution in [0.5, 0.6) is 0 Å². The second-order valence-corrected chi connectivity index (χ2v) is 4.18. The molecule has 0 spiro atoms. The topological polar surface area (TPSA) is 43.8 Å². The first-order valence-electron chi connectivity index (χ1n) is 4.57. The van der Waals surface area contributed by atoms with Crippen molar-refractivity contribution in [3.63, 3.8) is 0 Å². The van der Waals surface area contributed by atoms with Crippen LogP contribution in [0.2, 0.25) is 0 Å². The van der Waals surface area contributed by atoms with Crippen LogP contribution in [0, 0.1) is 0 Å². The Morgan fingerprint density at radius 3 is 2.93 bits per heavy atom. The maximum atomic E-state index is 5.72. The average molecular weight is 207 g/mol. The van der Waals surface area contributed by atoms with Gasteiger partial charge in [-0.2, -0.15) is 5.10 Å². The zero-order valence-corrected chi connectivity index (χ0v) is 9.14. The highest BCUT2D eigenvalue weighted by atomic mass is 32.1. The molecule has 14 heavy (non-hydrogen) atoms. The number of anilines is 1. The molecule has 2 aromatic rings. The van der Waals surface area contributed by atoms with Gasteiger partial charge in [-0.15, -0.1) is 11.3 Å². The number of aryl methyl sites for hydroxylation is 2. The lowest BCUT2D eigenvalue weighted by molar-refractivity contribution is 0.775. The molecule has 0 bridgehead atoms. The third-order valence-corrected chi connectivity index (χ3v) is 3.05. The molecule has 0 atom stereocenters. The highest BCUT2D eigenvalue weighted by Gasteiger charge is 2.10. The molecular weight excluding hydrogens is 194 g/mol. The maximum Gasteiger partial charge on any atom is 0.0863 e. The highest BCUT2D eigenvalue weighted by molar-refractivity contribution is 7.14. The summed E-state index contributed by atoms with van der Waals surface area (Å²) in [6, 6.07) is 2.00. The van der Waals surface area contributed by atoms with E-state index < -0.39 is 0 Å². The van der Waals surface area contributed by atoms with Gasteiger partial charge in [-0.05, 0) is 18.1 Å². The van der Waals surface area contributed by atoms with Crippen molar-refractivity contribution >= 4 is 16.3 Å². The predicted molar refractivity (Wildman–Crippen MR) is 60.3 cm³/mol. The van der Waals surface area contributed by atoms with E-state index in [9.17, 15) is 0 Å². The van der Waals surface area contributed by atoms with Crippen LogP contribution >= 0.6 is 11.3 Å². The molecule has 4 heteroatoms. The van der Waals surface area contributed by atoms with Gasteiger partial charge in [-0.3, -0.25) is 4.68 Å². The lowest BCUT2D eigenvalue weighted by Crippen LogP contribution is -1.94. The lowest BCUT2D eigenvalue weighted by atomic mass is 10.1. The number of nitrogens with zero attached hydrogens (tertiary/aromatic N) is 2. The standard InChI is InChI=1S/C10H13N3S/c1-3-7-5-12-13(2)10(7)8-4-9(11)14-6-8/h4-6H,3,11H2,1-2H3. The third-order valence-electron chi connectivity index (χ3n) is 2.29. The van der Waals surface area contributed by atoms with Gasteiger partial charge in [0, 0.05) is 18.0 Å². The van der Waals surface area contributed by atoms with E-state index in [4.69, 9.17) is 5.73 Å². The van der Waals surface area contributed by atoms with Crippen molar-refractivity contribution in [1.29, 1.82) is 0 Å². The van der Waals surface area contributed by atoms with Crippen LogP contribution in [0.15, 0.2) is 17.6 Å². The van der Waals surface area contributed by atoms with Gasteiger partial charge in [0.15, 0.2) is 0 Å². The molecular formula is C10H13N3S. The van der Waals surface area contributed by atoms with Crippen molar-refractivity contribution in [2.75, 3.05) is 5.73 Å². The van der Waals surface area contributed by atoms with Gasteiger partial charge >= 0.3 is 0 Å². The molecule has 0 unspecified atom stereocenters. The van der Waals surface area contributed by atoms with E-state index in [1.54, 1.807) is 11.3 Å². The smallest absolute Gasteiger partial charge is 0.0863 e. The number of rotatable bonds is 2. The Bertz CT molecular complexity index is 442. The van der Waals surface area contributed by atoms with E-state index in [1.165, 1.54) is 16.8 Å². The predicted octanol–water partition coefficient (Wildman–Crippen LogP) is 2.29. The van der Waals surface area contributed by atoms with Crippen molar-refractivity contribution in [1.82, 2.24) is 9.78 Å². The van der Waals surface area contributed by atoms with E-state index in [2.05, 4.69) is 17.4 Å². The van der Waals surface area contributed by atoms with E-state index in [0.717, 1.165) is 11.4 Å². The summed E-state index contributed by atoms with van der Waals surface area (Å²) in [5, 5.41) is 7.18. The monoisotopic (exact) mass is 207 g/mol. The number of hydrogen-bond donors (Lipinski definition) is 1. The van der Waals surface area contributed by atoms with E-state index in [0.29, 0.717) is 0 Å². The SMILES string of the molecule is CCc1cnn(C)c1-c1csc(N)c1. The summed E-state index contributed by atoms with van der Waals surface area (Å²) >= 11 is 1.57. The Labute approximate surface area is 87.2 Å². The molecule has 2 rings (SSSR count). The molecule has 3 nitrogen and oxygen atoms in total. The van der Waals surface area contributed by atoms with Crippen LogP contribution in [0.3, 0.4) is 0 Å². The molecule has 74 valence electrons. The fraction of sp³-hybridized carbons (Fsp3) is 0.300. The molecule has 0 saturated heterocycles. The van der Waals surface area contributed by atoms with Gasteiger partial charge in [-0.25, -0.2) is 0 Å². The number of nitrogens with two attached hydrogens (primary N) is 1. The zero-order chi connectivity index (χ0) is 10.1. The Balaban J connectivity index is 2.54. The van der Waals surface area contributed by atoms with Crippen LogP contribution in [-0.2, 0) is 13.5 Å². The lowest BCUT2D eigenvalue weighted by Gasteiger charge is -2.01. The fourth-order valence-corrected chi connectivity index (χ4v) is 2.23. The molecule has 0 aliphatic rings. The molecule has 0 fully saturated rings. The van der Waals surface area contributed by atoms with Crippen LogP contribution in [0.4, 0.5) is 5.00 Å². The van der Waals surface area contributed by atoms with Crippen LogP contribution in [0.1, 0.15) is 12.5 Å². The van der Waals surface area contributed by atoms with Gasteiger partial charge in [0.2, 0.25) is 0 Å². The summed E-state index contributed by atoms with van der Waals surface area (Å²) in [6.45, 7) is 2.14. The summed E-state index contributed by atoms with van der Waals surface area (Å²) in [5.41, 5.74) is 9.34. The van der Waals surface area contributed by atoms with Crippen molar-refractivity contribution in [2.45, 2.75) is 13.3 Å². The molecule has 0 aliphatic carbocycles. The molecule has 0 amide bonds. The summed E-state index contributed by atoms with van der Waals surface area (Å²) in [4.78, 5) is 0. The van der Waals surface area contributed by atoms with E-state index >= 15 is 0 Å². The largest absolute Gasteiger partial charge is 0.391 e. The van der Waals surface area contributed by atoms with Gasteiger partial charge in [-0.1, -0.05) is 6.92 Å². The van der Waals surface area contributed by atoms with Crippen molar-refractivity contribution in [3.05, 3.63) is 23.2 Å². The highest BCUT2D eigenvalue weighted by Crippen LogP contribution is 2.29. The first-order valence-corrected chi connectivity index (χ1v) is 5.45. The summed E-state index contributed by atoms with van der Waals surface area (Å²) in [5.74, 6) is 0. The summed E-state index contributed by atoms with van der Waals surface area (Å²) in [6.07, 6.45) is 2.92. The normalized spacial score (nSPS) is 10.7. The van der Waals surface area contributed by atoms with Crippen molar-refractivity contribution < 1.29 is 0 Å². The Morgan fingerprint density at radius 2 is 2.36 bits per heavy atom. The van der Waals surface area contributed by atoms with Crippen LogP contribution < -0.4 is 5.73 Å². The van der Waals surface area contributed by atoms with Crippen LogP contribution in [-0.4, -0.2) is 9.78 Å². The molecule has 2 N–H and O–H groups in total. The molecule has 0 saturated carbocycles. The summed E-state index contributed by atoms with van der Waals surface area (Å²) in [7, 11) is 1.96. The van der Waals surface area contributed by atoms with E-state index in [1.807, 2.05) is 24.0 Å². The zero-order valence-electron chi connectivity index (χ0n) is 8.32. The number of thiophene rings is 1. The maximum absolute atomic E-state index is 5.72. The summed E-state index contributed by atoms with van der Waals surface area (Å²) < 4.78 is 1.90. The molecule has 0 radical (unpaired) electrons. The molecule has 0 aromatic carbocycles. The Hall–Kier alpha value is -1.29. The minimum absolute atomic E-state index is 0.850. The third kappa shape index (κ3) is 1.42. The Morgan fingerprint density at radius 1 is 1.57 bits per heavy atom. The molecule has 0 aliphatic heterocycles. The quantitative estimate of drug-likeness (QED) is 0.821. The number of aromatic nitrogens is 2. The van der Waals surface area contributed by atoms with Gasteiger partial charge in [0.25, 0.3) is 0 Å². The number of nitrogen functional groups attached to an aromatic ring is 1. The van der Waals surface area contributed by atoms with E-state index in [-0.39, 0.29) is 0 Å². The van der Waals surface area contributed by atoms with Crippen LogP contribution in [0.25, 0.3) is 11.3 Å². The fourth-order valence-electron chi connectivity index (χ4n) is 1.59. The second kappa shape index (κ2) is 3.46. The van der Waals surface area contributed by atoms with Crippen molar-refractivity contribution in [2.24, 2.45) is 7.05 Å².